The van der Waals surface area contributed by atoms with Crippen molar-refractivity contribution in [2.24, 2.45) is 0 Å². The van der Waals surface area contributed by atoms with Crippen LogP contribution >= 0.6 is 27.3 Å². The van der Waals surface area contributed by atoms with Crippen LogP contribution in [0.25, 0.3) is 11.1 Å². The maximum absolute atomic E-state index is 13.0. The summed E-state index contributed by atoms with van der Waals surface area (Å²) in [4.78, 5) is 20.3. The molecule has 3 aromatic rings. The van der Waals surface area contributed by atoms with Crippen LogP contribution in [0.1, 0.15) is 33.5 Å². The summed E-state index contributed by atoms with van der Waals surface area (Å²) in [6, 6.07) is 5.84. The number of hydrogen-bond donors (Lipinski definition) is 0. The first-order chi connectivity index (χ1) is 11.0. The molecular formula is C16H16BrN3O2S. The van der Waals surface area contributed by atoms with Crippen LogP contribution in [0.3, 0.4) is 0 Å². The fourth-order valence-electron chi connectivity index (χ4n) is 2.51. The van der Waals surface area contributed by atoms with E-state index in [9.17, 15) is 4.79 Å². The second kappa shape index (κ2) is 6.41. The summed E-state index contributed by atoms with van der Waals surface area (Å²) in [5.74, 6) is -0.0289. The van der Waals surface area contributed by atoms with Crippen molar-refractivity contribution >= 4 is 44.3 Å². The first-order valence-electron chi connectivity index (χ1n) is 7.26. The summed E-state index contributed by atoms with van der Waals surface area (Å²) in [6.07, 6.45) is 0. The van der Waals surface area contributed by atoms with Gasteiger partial charge < -0.3 is 9.42 Å². The largest absolute Gasteiger partial charge is 0.336 e. The van der Waals surface area contributed by atoms with Gasteiger partial charge in [0.1, 0.15) is 0 Å². The Morgan fingerprint density at radius 2 is 2.17 bits per heavy atom. The van der Waals surface area contributed by atoms with Crippen molar-refractivity contribution in [3.8, 4) is 0 Å². The van der Waals surface area contributed by atoms with Crippen molar-refractivity contribution in [1.82, 2.24) is 15.0 Å². The third kappa shape index (κ3) is 3.16. The van der Waals surface area contributed by atoms with E-state index in [2.05, 4.69) is 26.1 Å². The molecule has 3 rings (SSSR count). The van der Waals surface area contributed by atoms with Crippen molar-refractivity contribution in [1.29, 1.82) is 0 Å². The molecule has 3 heterocycles. The van der Waals surface area contributed by atoms with Crippen molar-refractivity contribution in [3.63, 3.8) is 0 Å². The molecule has 0 saturated carbocycles. The van der Waals surface area contributed by atoms with Crippen LogP contribution in [0, 0.1) is 13.8 Å². The fraction of sp³-hybridized carbons (Fsp3) is 0.312. The standard InChI is InChI=1S/C16H16BrN3O2S/c1-4-20(8-11-5-6-13(17)23-11)16(21)12-7-9(2)18-15-14(12)10(3)19-22-15/h5-7H,4,8H2,1-3H3. The molecule has 0 unspecified atom stereocenters. The first kappa shape index (κ1) is 16.1. The fourth-order valence-corrected chi connectivity index (χ4v) is 4.01. The number of amides is 1. The smallest absolute Gasteiger partial charge is 0.258 e. The lowest BCUT2D eigenvalue weighted by molar-refractivity contribution is 0.0756. The van der Waals surface area contributed by atoms with Gasteiger partial charge in [0.05, 0.1) is 27.0 Å². The lowest BCUT2D eigenvalue weighted by Gasteiger charge is -2.20. The molecule has 0 aromatic carbocycles. The molecule has 5 nitrogen and oxygen atoms in total. The molecule has 0 fully saturated rings. The van der Waals surface area contributed by atoms with Gasteiger partial charge in [-0.25, -0.2) is 4.98 Å². The predicted octanol–water partition coefficient (Wildman–Crippen LogP) is 4.33. The zero-order valence-corrected chi connectivity index (χ0v) is 15.5. The highest BCUT2D eigenvalue weighted by atomic mass is 79.9. The van der Waals surface area contributed by atoms with Crippen molar-refractivity contribution in [3.05, 3.63) is 43.8 Å². The van der Waals surface area contributed by atoms with Crippen LogP contribution in [-0.2, 0) is 6.54 Å². The number of fused-ring (bicyclic) bond motifs is 1. The third-order valence-electron chi connectivity index (χ3n) is 3.62. The molecule has 120 valence electrons. The third-order valence-corrected chi connectivity index (χ3v) is 5.23. The topological polar surface area (TPSA) is 59.2 Å². The average molecular weight is 394 g/mol. The Morgan fingerprint density at radius 3 is 2.83 bits per heavy atom. The van der Waals surface area contributed by atoms with Crippen LogP contribution in [0.4, 0.5) is 0 Å². The van der Waals surface area contributed by atoms with Gasteiger partial charge in [0, 0.05) is 17.1 Å². The minimum atomic E-state index is -0.0289. The summed E-state index contributed by atoms with van der Waals surface area (Å²) in [5, 5.41) is 4.64. The minimum absolute atomic E-state index is 0.0289. The molecule has 7 heteroatoms. The van der Waals surface area contributed by atoms with E-state index in [-0.39, 0.29) is 5.91 Å². The molecule has 0 atom stereocenters. The Kier molecular flexibility index (Phi) is 4.50. The van der Waals surface area contributed by atoms with E-state index in [4.69, 9.17) is 4.52 Å². The maximum Gasteiger partial charge on any atom is 0.258 e. The Hall–Kier alpha value is -1.73. The van der Waals surface area contributed by atoms with Gasteiger partial charge in [-0.15, -0.1) is 11.3 Å². The first-order valence-corrected chi connectivity index (χ1v) is 8.87. The van der Waals surface area contributed by atoms with E-state index in [1.165, 1.54) is 0 Å². The number of halogens is 1. The van der Waals surface area contributed by atoms with Crippen molar-refractivity contribution in [2.75, 3.05) is 6.54 Å². The average Bonchev–Trinajstić information content (AvgIpc) is 3.09. The van der Waals surface area contributed by atoms with Gasteiger partial charge in [0.25, 0.3) is 11.6 Å². The summed E-state index contributed by atoms with van der Waals surface area (Å²) in [6.45, 7) is 6.86. The molecule has 0 bridgehead atoms. The number of rotatable bonds is 4. The van der Waals surface area contributed by atoms with Crippen LogP contribution in [0.15, 0.2) is 26.5 Å². The quantitative estimate of drug-likeness (QED) is 0.661. The molecule has 23 heavy (non-hydrogen) atoms. The van der Waals surface area contributed by atoms with Crippen LogP contribution in [-0.4, -0.2) is 27.5 Å². The molecule has 0 radical (unpaired) electrons. The Morgan fingerprint density at radius 1 is 1.39 bits per heavy atom. The summed E-state index contributed by atoms with van der Waals surface area (Å²) >= 11 is 5.09. The normalized spacial score (nSPS) is 11.1. The van der Waals surface area contributed by atoms with Gasteiger partial charge in [-0.2, -0.15) is 0 Å². The number of pyridine rings is 1. The van der Waals surface area contributed by atoms with E-state index in [1.807, 2.05) is 43.9 Å². The Bertz CT molecular complexity index is 871. The monoisotopic (exact) mass is 393 g/mol. The highest BCUT2D eigenvalue weighted by Crippen LogP contribution is 2.26. The summed E-state index contributed by atoms with van der Waals surface area (Å²) in [5.41, 5.74) is 2.45. The highest BCUT2D eigenvalue weighted by molar-refractivity contribution is 9.11. The van der Waals surface area contributed by atoms with E-state index >= 15 is 0 Å². The molecule has 1 amide bonds. The van der Waals surface area contributed by atoms with Crippen molar-refractivity contribution in [2.45, 2.75) is 27.3 Å². The van der Waals surface area contributed by atoms with Crippen LogP contribution in [0.2, 0.25) is 0 Å². The van der Waals surface area contributed by atoms with E-state index in [0.717, 1.165) is 14.4 Å². The van der Waals surface area contributed by atoms with Crippen LogP contribution < -0.4 is 0 Å². The molecule has 0 aliphatic heterocycles. The minimum Gasteiger partial charge on any atom is -0.336 e. The number of nitrogens with zero attached hydrogens (tertiary/aromatic N) is 3. The highest BCUT2D eigenvalue weighted by Gasteiger charge is 2.22. The molecule has 0 aliphatic rings. The van der Waals surface area contributed by atoms with Gasteiger partial charge in [0.2, 0.25) is 0 Å². The number of thiophene rings is 1. The zero-order chi connectivity index (χ0) is 16.6. The molecule has 3 aromatic heterocycles. The van der Waals surface area contributed by atoms with Crippen LogP contribution in [0.5, 0.6) is 0 Å². The molecular weight excluding hydrogens is 378 g/mol. The zero-order valence-electron chi connectivity index (χ0n) is 13.1. The van der Waals surface area contributed by atoms with E-state index in [0.29, 0.717) is 35.4 Å². The lowest BCUT2D eigenvalue weighted by Crippen LogP contribution is -2.30. The van der Waals surface area contributed by atoms with Gasteiger partial charge >= 0.3 is 0 Å². The number of carbonyl (C=O) groups excluding carboxylic acids is 1. The Labute approximate surface area is 146 Å². The van der Waals surface area contributed by atoms with E-state index in [1.54, 1.807) is 11.3 Å². The van der Waals surface area contributed by atoms with Gasteiger partial charge in [0.15, 0.2) is 0 Å². The van der Waals surface area contributed by atoms with E-state index < -0.39 is 0 Å². The van der Waals surface area contributed by atoms with Gasteiger partial charge in [-0.3, -0.25) is 4.79 Å². The maximum atomic E-state index is 13.0. The summed E-state index contributed by atoms with van der Waals surface area (Å²) in [7, 11) is 0. The number of hydrogen-bond acceptors (Lipinski definition) is 5. The number of carbonyl (C=O) groups is 1. The molecule has 0 spiro atoms. The predicted molar refractivity (Wildman–Crippen MR) is 93.7 cm³/mol. The molecule has 0 aliphatic carbocycles. The molecule has 0 N–H and O–H groups in total. The second-order valence-corrected chi connectivity index (χ2v) is 7.83. The van der Waals surface area contributed by atoms with Crippen molar-refractivity contribution < 1.29 is 9.32 Å². The molecule has 0 saturated heterocycles. The second-order valence-electron chi connectivity index (χ2n) is 5.28. The van der Waals surface area contributed by atoms with Gasteiger partial charge in [-0.1, -0.05) is 5.16 Å². The lowest BCUT2D eigenvalue weighted by atomic mass is 10.1. The SMILES string of the molecule is CCN(Cc1ccc(Br)s1)C(=O)c1cc(C)nc2onc(C)c12. The summed E-state index contributed by atoms with van der Waals surface area (Å²) < 4.78 is 6.28. The number of aromatic nitrogens is 2. The Balaban J connectivity index is 1.99. The van der Waals surface area contributed by atoms with Gasteiger partial charge in [-0.05, 0) is 54.9 Å². The number of aryl methyl sites for hydroxylation is 2.